The first-order valence-corrected chi connectivity index (χ1v) is 6.53. The molecule has 0 aliphatic carbocycles. The molecule has 2 aromatic rings. The van der Waals surface area contributed by atoms with Crippen molar-refractivity contribution in [3.8, 4) is 23.0 Å². The smallest absolute Gasteiger partial charge is 0.251 e. The largest absolute Gasteiger partial charge is 0.504 e. The zero-order valence-corrected chi connectivity index (χ0v) is 12.0. The van der Waals surface area contributed by atoms with Gasteiger partial charge in [-0.2, -0.15) is 0 Å². The zero-order chi connectivity index (χ0) is 16.0. The van der Waals surface area contributed by atoms with Crippen molar-refractivity contribution >= 4 is 23.0 Å². The summed E-state index contributed by atoms with van der Waals surface area (Å²) < 4.78 is 5.66. The van der Waals surface area contributed by atoms with Gasteiger partial charge in [-0.1, -0.05) is 0 Å². The lowest BCUT2D eigenvalue weighted by Gasteiger charge is -2.25. The SMILES string of the molecule is CN(C)c1ccc2c(c1)Oc1c(O)c(O)cc(C(N)=O)c1N2. The highest BCUT2D eigenvalue weighted by molar-refractivity contribution is 6.03. The van der Waals surface area contributed by atoms with Gasteiger partial charge in [-0.25, -0.2) is 0 Å². The molecule has 2 aromatic carbocycles. The van der Waals surface area contributed by atoms with Gasteiger partial charge >= 0.3 is 0 Å². The lowest BCUT2D eigenvalue weighted by atomic mass is 10.1. The number of benzene rings is 2. The molecule has 0 radical (unpaired) electrons. The lowest BCUT2D eigenvalue weighted by molar-refractivity contribution is 0.100. The minimum absolute atomic E-state index is 0.0304. The fraction of sp³-hybridized carbons (Fsp3) is 0.133. The molecule has 0 spiro atoms. The Hall–Kier alpha value is -3.09. The third-order valence-corrected chi connectivity index (χ3v) is 3.45. The number of phenols is 2. The monoisotopic (exact) mass is 301 g/mol. The number of primary amides is 1. The maximum Gasteiger partial charge on any atom is 0.251 e. The number of nitrogens with one attached hydrogen (secondary N) is 1. The van der Waals surface area contributed by atoms with Crippen LogP contribution in [0.1, 0.15) is 10.4 Å². The molecule has 0 saturated carbocycles. The van der Waals surface area contributed by atoms with Crippen molar-refractivity contribution in [3.63, 3.8) is 0 Å². The molecule has 7 nitrogen and oxygen atoms in total. The zero-order valence-electron chi connectivity index (χ0n) is 12.0. The summed E-state index contributed by atoms with van der Waals surface area (Å²) in [6, 6.07) is 6.55. The molecule has 0 bridgehead atoms. The van der Waals surface area contributed by atoms with Crippen LogP contribution < -0.4 is 20.7 Å². The van der Waals surface area contributed by atoms with Gasteiger partial charge in [0.05, 0.1) is 16.9 Å². The number of nitrogens with two attached hydrogens (primary N) is 1. The molecule has 1 amide bonds. The highest BCUT2D eigenvalue weighted by Crippen LogP contribution is 2.52. The molecule has 22 heavy (non-hydrogen) atoms. The third-order valence-electron chi connectivity index (χ3n) is 3.45. The number of carbonyl (C=O) groups is 1. The van der Waals surface area contributed by atoms with E-state index >= 15 is 0 Å². The van der Waals surface area contributed by atoms with Gasteiger partial charge in [-0.3, -0.25) is 4.79 Å². The van der Waals surface area contributed by atoms with Gasteiger partial charge < -0.3 is 30.9 Å². The quantitative estimate of drug-likeness (QED) is 0.426. The van der Waals surface area contributed by atoms with Crippen molar-refractivity contribution in [1.82, 2.24) is 0 Å². The summed E-state index contributed by atoms with van der Waals surface area (Å²) in [6.07, 6.45) is 0. The Balaban J connectivity index is 2.16. The van der Waals surface area contributed by atoms with Crippen molar-refractivity contribution in [1.29, 1.82) is 0 Å². The molecule has 3 rings (SSSR count). The van der Waals surface area contributed by atoms with Gasteiger partial charge in [-0.05, 0) is 18.2 Å². The maximum absolute atomic E-state index is 11.5. The van der Waals surface area contributed by atoms with E-state index in [-0.39, 0.29) is 17.0 Å². The summed E-state index contributed by atoms with van der Waals surface area (Å²) in [5.74, 6) is -1.22. The number of hydrogen-bond acceptors (Lipinski definition) is 6. The molecule has 0 aromatic heterocycles. The van der Waals surface area contributed by atoms with Crippen LogP contribution in [-0.4, -0.2) is 30.2 Å². The molecular weight excluding hydrogens is 286 g/mol. The Morgan fingerprint density at radius 2 is 2.00 bits per heavy atom. The molecule has 1 heterocycles. The van der Waals surface area contributed by atoms with Gasteiger partial charge in [0.25, 0.3) is 5.91 Å². The Morgan fingerprint density at radius 3 is 2.64 bits per heavy atom. The maximum atomic E-state index is 11.5. The number of hydrogen-bond donors (Lipinski definition) is 4. The highest BCUT2D eigenvalue weighted by Gasteiger charge is 2.27. The number of rotatable bonds is 2. The summed E-state index contributed by atoms with van der Waals surface area (Å²) in [5.41, 5.74) is 7.10. The Kier molecular flexibility index (Phi) is 2.98. The van der Waals surface area contributed by atoms with Gasteiger partial charge in [0.1, 0.15) is 0 Å². The van der Waals surface area contributed by atoms with Gasteiger partial charge in [0.2, 0.25) is 5.75 Å². The molecule has 1 aliphatic heterocycles. The number of carbonyl (C=O) groups excluding carboxylic acids is 1. The Labute approximate surface area is 126 Å². The highest BCUT2D eigenvalue weighted by atomic mass is 16.5. The van der Waals surface area contributed by atoms with Crippen LogP contribution in [-0.2, 0) is 0 Å². The van der Waals surface area contributed by atoms with Crippen molar-refractivity contribution in [3.05, 3.63) is 29.8 Å². The van der Waals surface area contributed by atoms with Crippen LogP contribution >= 0.6 is 0 Å². The van der Waals surface area contributed by atoms with E-state index in [0.717, 1.165) is 11.8 Å². The van der Waals surface area contributed by atoms with Crippen molar-refractivity contribution < 1.29 is 19.7 Å². The number of ether oxygens (including phenoxy) is 1. The standard InChI is InChI=1S/C15H15N3O4/c1-18(2)7-3-4-9-11(5-7)22-14-12(17-9)8(15(16)21)6-10(19)13(14)20/h3-6,17,19-20H,1-2H3,(H2,16,21). The summed E-state index contributed by atoms with van der Waals surface area (Å²) in [7, 11) is 3.78. The average Bonchev–Trinajstić information content (AvgIpc) is 2.48. The summed E-state index contributed by atoms with van der Waals surface area (Å²) in [5, 5.41) is 22.7. The summed E-state index contributed by atoms with van der Waals surface area (Å²) in [6.45, 7) is 0. The average molecular weight is 301 g/mol. The van der Waals surface area contributed by atoms with Gasteiger partial charge in [-0.15, -0.1) is 0 Å². The normalized spacial score (nSPS) is 11.7. The first kappa shape index (κ1) is 13.9. The van der Waals surface area contributed by atoms with E-state index in [1.165, 1.54) is 0 Å². The predicted octanol–water partition coefficient (Wildman–Crippen LogP) is 2.11. The number of amides is 1. The van der Waals surface area contributed by atoms with Crippen molar-refractivity contribution in [2.24, 2.45) is 5.73 Å². The molecule has 7 heteroatoms. The molecule has 0 atom stereocenters. The first-order valence-electron chi connectivity index (χ1n) is 6.53. The van der Waals surface area contributed by atoms with E-state index < -0.39 is 17.4 Å². The number of anilines is 3. The molecule has 0 unspecified atom stereocenters. The summed E-state index contributed by atoms with van der Waals surface area (Å²) >= 11 is 0. The topological polar surface area (TPSA) is 108 Å². The molecule has 5 N–H and O–H groups in total. The van der Waals surface area contributed by atoms with Crippen LogP contribution in [0, 0.1) is 0 Å². The van der Waals surface area contributed by atoms with E-state index in [9.17, 15) is 15.0 Å². The minimum atomic E-state index is -0.740. The van der Waals surface area contributed by atoms with E-state index in [0.29, 0.717) is 11.4 Å². The second-order valence-electron chi connectivity index (χ2n) is 5.16. The van der Waals surface area contributed by atoms with Crippen LogP contribution in [0.2, 0.25) is 0 Å². The molecule has 0 fully saturated rings. The first-order chi connectivity index (χ1) is 10.4. The number of fused-ring (bicyclic) bond motifs is 2. The Bertz CT molecular complexity index is 787. The second-order valence-corrected chi connectivity index (χ2v) is 5.16. The van der Waals surface area contributed by atoms with Gasteiger partial charge in [0, 0.05) is 25.8 Å². The van der Waals surface area contributed by atoms with E-state index in [1.54, 1.807) is 12.1 Å². The van der Waals surface area contributed by atoms with Crippen LogP contribution in [0.4, 0.5) is 17.1 Å². The van der Waals surface area contributed by atoms with Crippen LogP contribution in [0.25, 0.3) is 0 Å². The minimum Gasteiger partial charge on any atom is -0.504 e. The number of nitrogens with zero attached hydrogens (tertiary/aromatic N) is 1. The molecule has 0 saturated heterocycles. The van der Waals surface area contributed by atoms with E-state index in [1.807, 2.05) is 25.1 Å². The fourth-order valence-electron chi connectivity index (χ4n) is 2.27. The molecule has 1 aliphatic rings. The third kappa shape index (κ3) is 2.03. The fourth-order valence-corrected chi connectivity index (χ4v) is 2.27. The van der Waals surface area contributed by atoms with Crippen LogP contribution in [0.3, 0.4) is 0 Å². The van der Waals surface area contributed by atoms with Crippen molar-refractivity contribution in [2.75, 3.05) is 24.3 Å². The van der Waals surface area contributed by atoms with E-state index in [2.05, 4.69) is 5.32 Å². The summed E-state index contributed by atoms with van der Waals surface area (Å²) in [4.78, 5) is 13.4. The van der Waals surface area contributed by atoms with Gasteiger partial charge in [0.15, 0.2) is 17.2 Å². The van der Waals surface area contributed by atoms with Crippen LogP contribution in [0.5, 0.6) is 23.0 Å². The number of aromatic hydroxyl groups is 2. The predicted molar refractivity (Wildman–Crippen MR) is 82.4 cm³/mol. The van der Waals surface area contributed by atoms with Crippen molar-refractivity contribution in [2.45, 2.75) is 0 Å². The Morgan fingerprint density at radius 1 is 1.27 bits per heavy atom. The van der Waals surface area contributed by atoms with E-state index in [4.69, 9.17) is 10.5 Å². The van der Waals surface area contributed by atoms with Crippen LogP contribution in [0.15, 0.2) is 24.3 Å². The molecule has 114 valence electrons. The number of phenolic OH excluding ortho intramolecular Hbond substituents is 2. The lowest BCUT2D eigenvalue weighted by Crippen LogP contribution is -2.16. The molecular formula is C15H15N3O4. The second kappa shape index (κ2) is 4.73.